The fraction of sp³-hybridized carbons (Fsp3) is 0.529. The lowest BCUT2D eigenvalue weighted by molar-refractivity contribution is -0.136. The Hall–Kier alpha value is -1.84. The van der Waals surface area contributed by atoms with Gasteiger partial charge in [-0.25, -0.2) is 0 Å². The zero-order valence-corrected chi connectivity index (χ0v) is 12.1. The van der Waals surface area contributed by atoms with Crippen LogP contribution in [0.1, 0.15) is 32.1 Å². The lowest BCUT2D eigenvalue weighted by atomic mass is 9.87. The van der Waals surface area contributed by atoms with Crippen LogP contribution in [0.15, 0.2) is 30.3 Å². The molecular formula is C17H21NO3. The molecule has 0 radical (unpaired) electrons. The van der Waals surface area contributed by atoms with Crippen molar-refractivity contribution in [2.45, 2.75) is 32.1 Å². The van der Waals surface area contributed by atoms with Crippen molar-refractivity contribution in [3.05, 3.63) is 30.3 Å². The minimum absolute atomic E-state index is 0.0125. The first-order valence-corrected chi connectivity index (χ1v) is 7.73. The Morgan fingerprint density at radius 3 is 2.48 bits per heavy atom. The molecule has 0 aliphatic heterocycles. The zero-order valence-electron chi connectivity index (χ0n) is 12.1. The molecule has 2 saturated carbocycles. The molecule has 3 rings (SSSR count). The van der Waals surface area contributed by atoms with E-state index in [9.17, 15) is 9.59 Å². The predicted octanol–water partition coefficient (Wildman–Crippen LogP) is 2.93. The Bertz CT molecular complexity index is 528. The normalized spacial score (nSPS) is 26.8. The third-order valence-corrected chi connectivity index (χ3v) is 4.94. The van der Waals surface area contributed by atoms with E-state index in [0.717, 1.165) is 18.5 Å². The number of fused-ring (bicyclic) bond motifs is 2. The Kier molecular flexibility index (Phi) is 3.95. The van der Waals surface area contributed by atoms with Crippen LogP contribution in [0.3, 0.4) is 0 Å². The van der Waals surface area contributed by atoms with Gasteiger partial charge in [0.25, 0.3) is 0 Å². The Morgan fingerprint density at radius 2 is 1.90 bits per heavy atom. The first-order chi connectivity index (χ1) is 10.1. The molecule has 1 aromatic carbocycles. The fourth-order valence-corrected chi connectivity index (χ4v) is 3.93. The van der Waals surface area contributed by atoms with Gasteiger partial charge in [0, 0.05) is 18.2 Å². The number of carbonyl (C=O) groups is 2. The summed E-state index contributed by atoms with van der Waals surface area (Å²) in [7, 11) is 0. The molecule has 21 heavy (non-hydrogen) atoms. The third kappa shape index (κ3) is 2.94. The van der Waals surface area contributed by atoms with Gasteiger partial charge in [0.1, 0.15) is 0 Å². The van der Waals surface area contributed by atoms with E-state index in [4.69, 9.17) is 5.11 Å². The first-order valence-electron chi connectivity index (χ1n) is 7.73. The van der Waals surface area contributed by atoms with Gasteiger partial charge < -0.3 is 10.0 Å². The maximum Gasteiger partial charge on any atom is 0.305 e. The van der Waals surface area contributed by atoms with Gasteiger partial charge in [0.15, 0.2) is 0 Å². The number of carboxylic acids is 1. The Morgan fingerprint density at radius 1 is 1.14 bits per heavy atom. The van der Waals surface area contributed by atoms with Crippen LogP contribution in [0.5, 0.6) is 0 Å². The lowest BCUT2D eigenvalue weighted by Gasteiger charge is -2.29. The molecule has 4 heteroatoms. The van der Waals surface area contributed by atoms with Crippen LogP contribution >= 0.6 is 0 Å². The Balaban J connectivity index is 1.77. The summed E-state index contributed by atoms with van der Waals surface area (Å²) in [6, 6.07) is 9.44. The summed E-state index contributed by atoms with van der Waals surface area (Å²) in [6.07, 6.45) is 4.57. The van der Waals surface area contributed by atoms with Crippen LogP contribution in [0.2, 0.25) is 0 Å². The highest BCUT2D eigenvalue weighted by Crippen LogP contribution is 2.49. The number of rotatable bonds is 5. The van der Waals surface area contributed by atoms with Crippen LogP contribution in [0.4, 0.5) is 5.69 Å². The summed E-state index contributed by atoms with van der Waals surface area (Å²) >= 11 is 0. The van der Waals surface area contributed by atoms with Gasteiger partial charge >= 0.3 is 5.97 Å². The number of aliphatic carboxylic acids is 1. The van der Waals surface area contributed by atoms with Gasteiger partial charge in [-0.05, 0) is 43.2 Å². The monoisotopic (exact) mass is 287 g/mol. The number of carbonyl (C=O) groups excluding carboxylic acids is 1. The molecule has 1 N–H and O–H groups in total. The number of hydrogen-bond donors (Lipinski definition) is 1. The second-order valence-corrected chi connectivity index (χ2v) is 6.25. The minimum Gasteiger partial charge on any atom is -0.481 e. The molecule has 3 unspecified atom stereocenters. The SMILES string of the molecule is O=C(O)CCN(C(=O)C1CC2CCC1C2)c1ccccc1. The second kappa shape index (κ2) is 5.88. The quantitative estimate of drug-likeness (QED) is 0.906. The Labute approximate surface area is 124 Å². The molecule has 0 heterocycles. The molecule has 2 bridgehead atoms. The standard InChI is InChI=1S/C17H21NO3/c19-16(20)8-9-18(14-4-2-1-3-5-14)17(21)15-11-12-6-7-13(15)10-12/h1-5,12-13,15H,6-11H2,(H,19,20). The average Bonchev–Trinajstić information content (AvgIpc) is 3.11. The van der Waals surface area contributed by atoms with Crippen molar-refractivity contribution in [3.8, 4) is 0 Å². The molecule has 0 saturated heterocycles. The van der Waals surface area contributed by atoms with E-state index in [1.165, 1.54) is 12.8 Å². The topological polar surface area (TPSA) is 57.6 Å². The van der Waals surface area contributed by atoms with E-state index in [1.54, 1.807) is 4.90 Å². The maximum absolute atomic E-state index is 12.9. The van der Waals surface area contributed by atoms with Crippen LogP contribution in [0.25, 0.3) is 0 Å². The molecule has 1 aromatic rings. The van der Waals surface area contributed by atoms with Gasteiger partial charge in [-0.2, -0.15) is 0 Å². The third-order valence-electron chi connectivity index (χ3n) is 4.94. The fourth-order valence-electron chi connectivity index (χ4n) is 3.93. The molecule has 4 nitrogen and oxygen atoms in total. The van der Waals surface area contributed by atoms with Crippen molar-refractivity contribution >= 4 is 17.6 Å². The highest BCUT2D eigenvalue weighted by Gasteiger charge is 2.44. The molecular weight excluding hydrogens is 266 g/mol. The molecule has 0 aromatic heterocycles. The van der Waals surface area contributed by atoms with Crippen molar-refractivity contribution < 1.29 is 14.7 Å². The molecule has 0 spiro atoms. The number of carboxylic acid groups (broad SMARTS) is 1. The highest BCUT2D eigenvalue weighted by molar-refractivity contribution is 5.96. The van der Waals surface area contributed by atoms with Crippen LogP contribution in [0, 0.1) is 17.8 Å². The van der Waals surface area contributed by atoms with Crippen molar-refractivity contribution in [2.75, 3.05) is 11.4 Å². The van der Waals surface area contributed by atoms with Crippen molar-refractivity contribution in [1.29, 1.82) is 0 Å². The smallest absolute Gasteiger partial charge is 0.305 e. The van der Waals surface area contributed by atoms with E-state index in [0.29, 0.717) is 11.8 Å². The van der Waals surface area contributed by atoms with Gasteiger partial charge in [-0.15, -0.1) is 0 Å². The molecule has 2 fully saturated rings. The summed E-state index contributed by atoms with van der Waals surface area (Å²) in [5.74, 6) is 0.573. The average molecular weight is 287 g/mol. The number of amides is 1. The van der Waals surface area contributed by atoms with Crippen LogP contribution in [-0.4, -0.2) is 23.5 Å². The summed E-state index contributed by atoms with van der Waals surface area (Å²) in [5.41, 5.74) is 0.812. The minimum atomic E-state index is -0.864. The summed E-state index contributed by atoms with van der Waals surface area (Å²) in [6.45, 7) is 0.256. The van der Waals surface area contributed by atoms with Crippen molar-refractivity contribution in [1.82, 2.24) is 0 Å². The maximum atomic E-state index is 12.9. The summed E-state index contributed by atoms with van der Waals surface area (Å²) < 4.78 is 0. The van der Waals surface area contributed by atoms with Crippen LogP contribution < -0.4 is 4.90 Å². The second-order valence-electron chi connectivity index (χ2n) is 6.25. The predicted molar refractivity (Wildman–Crippen MR) is 80.0 cm³/mol. The van der Waals surface area contributed by atoms with Gasteiger partial charge in [-0.3, -0.25) is 9.59 Å². The van der Waals surface area contributed by atoms with E-state index in [-0.39, 0.29) is 24.8 Å². The highest BCUT2D eigenvalue weighted by atomic mass is 16.4. The largest absolute Gasteiger partial charge is 0.481 e. The number of para-hydroxylation sites is 1. The van der Waals surface area contributed by atoms with Crippen molar-refractivity contribution in [2.24, 2.45) is 17.8 Å². The molecule has 2 aliphatic rings. The molecule has 112 valence electrons. The molecule has 1 amide bonds. The van der Waals surface area contributed by atoms with Crippen LogP contribution in [-0.2, 0) is 9.59 Å². The zero-order chi connectivity index (χ0) is 14.8. The first kappa shape index (κ1) is 14.1. The van der Waals surface area contributed by atoms with Crippen molar-refractivity contribution in [3.63, 3.8) is 0 Å². The van der Waals surface area contributed by atoms with Gasteiger partial charge in [-0.1, -0.05) is 24.6 Å². The number of hydrogen-bond acceptors (Lipinski definition) is 2. The number of anilines is 1. The van der Waals surface area contributed by atoms with E-state index in [2.05, 4.69) is 0 Å². The molecule has 2 aliphatic carbocycles. The lowest BCUT2D eigenvalue weighted by Crippen LogP contribution is -2.39. The number of nitrogens with zero attached hydrogens (tertiary/aromatic N) is 1. The van der Waals surface area contributed by atoms with Gasteiger partial charge in [0.05, 0.1) is 6.42 Å². The summed E-state index contributed by atoms with van der Waals surface area (Å²) in [5, 5.41) is 8.92. The summed E-state index contributed by atoms with van der Waals surface area (Å²) in [4.78, 5) is 25.4. The number of benzene rings is 1. The van der Waals surface area contributed by atoms with E-state index < -0.39 is 5.97 Å². The van der Waals surface area contributed by atoms with Gasteiger partial charge in [0.2, 0.25) is 5.91 Å². The molecule has 3 atom stereocenters. The van der Waals surface area contributed by atoms with E-state index >= 15 is 0 Å². The van der Waals surface area contributed by atoms with E-state index in [1.807, 2.05) is 30.3 Å².